The zero-order valence-electron chi connectivity index (χ0n) is 10.1. The Balaban J connectivity index is 2.56. The molecule has 0 radical (unpaired) electrons. The van der Waals surface area contributed by atoms with Crippen molar-refractivity contribution in [3.05, 3.63) is 29.6 Å². The van der Waals surface area contributed by atoms with E-state index in [0.29, 0.717) is 13.0 Å². The number of carboxylic acids is 1. The van der Waals surface area contributed by atoms with Crippen molar-refractivity contribution in [1.29, 1.82) is 0 Å². The zero-order chi connectivity index (χ0) is 12.8. The summed E-state index contributed by atoms with van der Waals surface area (Å²) in [5.41, 5.74) is 0.782. The minimum Gasteiger partial charge on any atom is -0.477 e. The Morgan fingerprint density at radius 2 is 2.24 bits per heavy atom. The number of aromatic carboxylic acids is 1. The largest absolute Gasteiger partial charge is 0.477 e. The van der Waals surface area contributed by atoms with Gasteiger partial charge in [0.2, 0.25) is 0 Å². The quantitative estimate of drug-likeness (QED) is 0.773. The minimum atomic E-state index is -1.02. The molecule has 1 aromatic rings. The van der Waals surface area contributed by atoms with E-state index in [0.717, 1.165) is 12.2 Å². The molecule has 17 heavy (non-hydrogen) atoms. The van der Waals surface area contributed by atoms with E-state index in [-0.39, 0.29) is 11.8 Å². The molecule has 5 nitrogen and oxygen atoms in total. The predicted octanol–water partition coefficient (Wildman–Crippen LogP) is 0.983. The van der Waals surface area contributed by atoms with E-state index in [2.05, 4.69) is 4.98 Å². The van der Waals surface area contributed by atoms with Crippen molar-refractivity contribution in [3.8, 4) is 0 Å². The summed E-state index contributed by atoms with van der Waals surface area (Å²) in [6.45, 7) is 3.07. The third kappa shape index (κ3) is 4.93. The molecule has 1 atom stereocenters. The second-order valence-electron chi connectivity index (χ2n) is 4.19. The average molecular weight is 238 g/mol. The third-order valence-electron chi connectivity index (χ3n) is 2.39. The highest BCUT2D eigenvalue weighted by Crippen LogP contribution is 2.04. The van der Waals surface area contributed by atoms with Gasteiger partial charge >= 0.3 is 5.97 Å². The molecule has 0 fully saturated rings. The van der Waals surface area contributed by atoms with Gasteiger partial charge in [0.1, 0.15) is 5.69 Å². The van der Waals surface area contributed by atoms with Gasteiger partial charge in [-0.25, -0.2) is 9.78 Å². The molecule has 1 rings (SSSR count). The monoisotopic (exact) mass is 238 g/mol. The van der Waals surface area contributed by atoms with Crippen molar-refractivity contribution >= 4 is 5.97 Å². The van der Waals surface area contributed by atoms with Crippen LogP contribution in [0.3, 0.4) is 0 Å². The summed E-state index contributed by atoms with van der Waals surface area (Å²) in [7, 11) is 1.91. The number of hydrogen-bond donors (Lipinski definition) is 2. The molecular formula is C12H18N2O3. The summed E-state index contributed by atoms with van der Waals surface area (Å²) >= 11 is 0. The second kappa shape index (κ2) is 6.32. The van der Waals surface area contributed by atoms with Crippen molar-refractivity contribution in [3.63, 3.8) is 0 Å². The fourth-order valence-electron chi connectivity index (χ4n) is 1.45. The van der Waals surface area contributed by atoms with Crippen LogP contribution in [0.15, 0.2) is 18.2 Å². The lowest BCUT2D eigenvalue weighted by Crippen LogP contribution is -2.22. The lowest BCUT2D eigenvalue weighted by molar-refractivity contribution is 0.0690. The predicted molar refractivity (Wildman–Crippen MR) is 63.8 cm³/mol. The van der Waals surface area contributed by atoms with Crippen molar-refractivity contribution < 1.29 is 15.0 Å². The van der Waals surface area contributed by atoms with E-state index in [1.807, 2.05) is 11.9 Å². The standard InChI is InChI=1S/C12H18N2O3/c1-9(15)6-7-14(2)8-10-4-3-5-11(13-10)12(16)17/h3-5,9,15H,6-8H2,1-2H3,(H,16,17). The van der Waals surface area contributed by atoms with Gasteiger partial charge in [0, 0.05) is 13.1 Å². The fourth-order valence-corrected chi connectivity index (χ4v) is 1.45. The van der Waals surface area contributed by atoms with E-state index < -0.39 is 5.97 Å². The number of aliphatic hydroxyl groups is 1. The Kier molecular flexibility index (Phi) is 5.06. The van der Waals surface area contributed by atoms with Crippen LogP contribution in [-0.4, -0.2) is 45.8 Å². The maximum absolute atomic E-state index is 10.7. The Hall–Kier alpha value is -1.46. The molecule has 0 saturated carbocycles. The first kappa shape index (κ1) is 13.6. The van der Waals surface area contributed by atoms with Crippen molar-refractivity contribution in [2.24, 2.45) is 0 Å². The lowest BCUT2D eigenvalue weighted by Gasteiger charge is -2.17. The molecule has 0 spiro atoms. The second-order valence-corrected chi connectivity index (χ2v) is 4.19. The maximum atomic E-state index is 10.7. The van der Waals surface area contributed by atoms with Crippen molar-refractivity contribution in [2.75, 3.05) is 13.6 Å². The van der Waals surface area contributed by atoms with Gasteiger partial charge in [0.05, 0.1) is 11.8 Å². The molecule has 1 aromatic heterocycles. The summed E-state index contributed by atoms with van der Waals surface area (Å²) in [4.78, 5) is 16.8. The van der Waals surface area contributed by atoms with Gasteiger partial charge in [-0.05, 0) is 32.5 Å². The number of aromatic nitrogens is 1. The first-order valence-corrected chi connectivity index (χ1v) is 5.55. The molecule has 1 heterocycles. The van der Waals surface area contributed by atoms with Gasteiger partial charge in [0.15, 0.2) is 0 Å². The maximum Gasteiger partial charge on any atom is 0.354 e. The van der Waals surface area contributed by atoms with Gasteiger partial charge in [-0.1, -0.05) is 6.07 Å². The molecule has 1 unspecified atom stereocenters. The highest BCUT2D eigenvalue weighted by atomic mass is 16.4. The summed E-state index contributed by atoms with van der Waals surface area (Å²) in [5, 5.41) is 18.0. The number of rotatable bonds is 6. The third-order valence-corrected chi connectivity index (χ3v) is 2.39. The van der Waals surface area contributed by atoms with E-state index in [4.69, 9.17) is 10.2 Å². The smallest absolute Gasteiger partial charge is 0.354 e. The van der Waals surface area contributed by atoms with Crippen LogP contribution >= 0.6 is 0 Å². The van der Waals surface area contributed by atoms with Gasteiger partial charge in [-0.3, -0.25) is 0 Å². The Morgan fingerprint density at radius 3 is 2.82 bits per heavy atom. The highest BCUT2D eigenvalue weighted by molar-refractivity contribution is 5.85. The first-order chi connectivity index (χ1) is 7.99. The molecule has 0 aromatic carbocycles. The van der Waals surface area contributed by atoms with Crippen LogP contribution in [0.5, 0.6) is 0 Å². The molecular weight excluding hydrogens is 220 g/mol. The van der Waals surface area contributed by atoms with E-state index in [9.17, 15) is 4.79 Å². The van der Waals surface area contributed by atoms with Crippen molar-refractivity contribution in [2.45, 2.75) is 26.0 Å². The number of carbonyl (C=O) groups is 1. The Labute approximate surface area is 101 Å². The molecule has 0 aliphatic heterocycles. The summed E-state index contributed by atoms with van der Waals surface area (Å²) in [6, 6.07) is 4.96. The number of carboxylic acid groups (broad SMARTS) is 1. The molecule has 0 amide bonds. The molecule has 0 bridgehead atoms. The molecule has 0 aliphatic rings. The SMILES string of the molecule is CC(O)CCN(C)Cc1cccc(C(=O)O)n1. The van der Waals surface area contributed by atoms with Gasteiger partial charge < -0.3 is 15.1 Å². The minimum absolute atomic E-state index is 0.0615. The zero-order valence-corrected chi connectivity index (χ0v) is 10.1. The normalized spacial score (nSPS) is 12.7. The fraction of sp³-hybridized carbons (Fsp3) is 0.500. The van der Waals surface area contributed by atoms with Crippen LogP contribution in [0.1, 0.15) is 29.5 Å². The summed E-state index contributed by atoms with van der Waals surface area (Å²) in [6.07, 6.45) is 0.366. The topological polar surface area (TPSA) is 73.7 Å². The van der Waals surface area contributed by atoms with Crippen LogP contribution < -0.4 is 0 Å². The molecule has 2 N–H and O–H groups in total. The van der Waals surface area contributed by atoms with Crippen LogP contribution in [-0.2, 0) is 6.54 Å². The van der Waals surface area contributed by atoms with Gasteiger partial charge in [-0.15, -0.1) is 0 Å². The Bertz CT molecular complexity index is 380. The summed E-state index contributed by atoms with van der Waals surface area (Å²) in [5.74, 6) is -1.02. The van der Waals surface area contributed by atoms with E-state index >= 15 is 0 Å². The van der Waals surface area contributed by atoms with Crippen molar-refractivity contribution in [1.82, 2.24) is 9.88 Å². The lowest BCUT2D eigenvalue weighted by atomic mass is 10.2. The number of hydrogen-bond acceptors (Lipinski definition) is 4. The number of nitrogens with zero attached hydrogens (tertiary/aromatic N) is 2. The average Bonchev–Trinajstić information content (AvgIpc) is 2.26. The van der Waals surface area contributed by atoms with E-state index in [1.165, 1.54) is 6.07 Å². The van der Waals surface area contributed by atoms with Crippen LogP contribution in [0.2, 0.25) is 0 Å². The van der Waals surface area contributed by atoms with Gasteiger partial charge in [0.25, 0.3) is 0 Å². The number of aliphatic hydroxyl groups excluding tert-OH is 1. The molecule has 5 heteroatoms. The van der Waals surface area contributed by atoms with Crippen LogP contribution in [0.25, 0.3) is 0 Å². The first-order valence-electron chi connectivity index (χ1n) is 5.55. The summed E-state index contributed by atoms with van der Waals surface area (Å²) < 4.78 is 0. The van der Waals surface area contributed by atoms with Gasteiger partial charge in [-0.2, -0.15) is 0 Å². The molecule has 0 aliphatic carbocycles. The van der Waals surface area contributed by atoms with Crippen LogP contribution in [0, 0.1) is 0 Å². The highest BCUT2D eigenvalue weighted by Gasteiger charge is 2.07. The van der Waals surface area contributed by atoms with E-state index in [1.54, 1.807) is 19.1 Å². The number of pyridine rings is 1. The Morgan fingerprint density at radius 1 is 1.53 bits per heavy atom. The molecule has 0 saturated heterocycles. The van der Waals surface area contributed by atoms with Crippen LogP contribution in [0.4, 0.5) is 0 Å². The molecule has 94 valence electrons.